The summed E-state index contributed by atoms with van der Waals surface area (Å²) in [5, 5.41) is 0.565. The average molecular weight is 221 g/mol. The van der Waals surface area contributed by atoms with Crippen LogP contribution in [-0.4, -0.2) is 22.8 Å². The second kappa shape index (κ2) is 3.59. The van der Waals surface area contributed by atoms with E-state index in [1.54, 1.807) is 12.2 Å². The van der Waals surface area contributed by atoms with Gasteiger partial charge in [0.25, 0.3) is 11.8 Å². The topological polar surface area (TPSA) is 63.7 Å². The standard InChI is InChI=1S/C11H11NO4/c1-6-4-3-5-8-9(6)11(15)12(10(8)14)16-7(2)13/h3-4,8-9H,1,5H2,2H3. The van der Waals surface area contributed by atoms with Gasteiger partial charge in [0.2, 0.25) is 0 Å². The van der Waals surface area contributed by atoms with E-state index in [2.05, 4.69) is 11.4 Å². The van der Waals surface area contributed by atoms with Crippen molar-refractivity contribution in [3.8, 4) is 0 Å². The van der Waals surface area contributed by atoms with E-state index in [1.165, 1.54) is 0 Å². The van der Waals surface area contributed by atoms with Crippen molar-refractivity contribution >= 4 is 17.8 Å². The van der Waals surface area contributed by atoms with Gasteiger partial charge < -0.3 is 4.84 Å². The summed E-state index contributed by atoms with van der Waals surface area (Å²) >= 11 is 0. The molecule has 0 aromatic rings. The van der Waals surface area contributed by atoms with Gasteiger partial charge in [-0.2, -0.15) is 0 Å². The summed E-state index contributed by atoms with van der Waals surface area (Å²) in [7, 11) is 0. The average Bonchev–Trinajstić information content (AvgIpc) is 2.44. The highest BCUT2D eigenvalue weighted by atomic mass is 16.7. The van der Waals surface area contributed by atoms with Crippen LogP contribution in [0.1, 0.15) is 13.3 Å². The molecule has 2 aliphatic rings. The summed E-state index contributed by atoms with van der Waals surface area (Å²) in [6, 6.07) is 0. The van der Waals surface area contributed by atoms with Crippen molar-refractivity contribution in [1.29, 1.82) is 0 Å². The minimum Gasteiger partial charge on any atom is -0.331 e. The molecular formula is C11H11NO4. The second-order valence-electron chi connectivity index (χ2n) is 3.85. The molecule has 0 saturated carbocycles. The van der Waals surface area contributed by atoms with Crippen LogP contribution in [0.5, 0.6) is 0 Å². The number of imide groups is 1. The molecule has 1 heterocycles. The number of allylic oxidation sites excluding steroid dienone is 2. The van der Waals surface area contributed by atoms with E-state index in [0.29, 0.717) is 17.1 Å². The van der Waals surface area contributed by atoms with Crippen molar-refractivity contribution in [2.75, 3.05) is 0 Å². The number of amides is 2. The van der Waals surface area contributed by atoms with Gasteiger partial charge in [0, 0.05) is 6.92 Å². The minimum absolute atomic E-state index is 0.462. The molecule has 2 rings (SSSR count). The molecule has 1 aliphatic heterocycles. The van der Waals surface area contributed by atoms with Crippen molar-refractivity contribution in [2.45, 2.75) is 13.3 Å². The Hall–Kier alpha value is -1.91. The first-order valence-electron chi connectivity index (χ1n) is 4.94. The van der Waals surface area contributed by atoms with Gasteiger partial charge in [-0.1, -0.05) is 18.7 Å². The molecule has 5 nitrogen and oxygen atoms in total. The molecule has 1 aliphatic carbocycles. The van der Waals surface area contributed by atoms with E-state index in [0.717, 1.165) is 6.92 Å². The molecule has 84 valence electrons. The third-order valence-corrected chi connectivity index (χ3v) is 2.73. The lowest BCUT2D eigenvalue weighted by molar-refractivity contribution is -0.196. The first kappa shape index (κ1) is 10.6. The Morgan fingerprint density at radius 2 is 2.19 bits per heavy atom. The zero-order valence-electron chi connectivity index (χ0n) is 8.80. The number of fused-ring (bicyclic) bond motifs is 1. The normalized spacial score (nSPS) is 28.3. The zero-order valence-corrected chi connectivity index (χ0v) is 8.80. The minimum atomic E-state index is -0.682. The zero-order chi connectivity index (χ0) is 11.9. The molecule has 0 radical (unpaired) electrons. The highest BCUT2D eigenvalue weighted by Crippen LogP contribution is 2.37. The van der Waals surface area contributed by atoms with Crippen molar-refractivity contribution < 1.29 is 19.2 Å². The summed E-state index contributed by atoms with van der Waals surface area (Å²) in [4.78, 5) is 39.0. The Bertz CT molecular complexity index is 424. The molecule has 1 fully saturated rings. The predicted molar refractivity (Wildman–Crippen MR) is 53.5 cm³/mol. The fourth-order valence-corrected chi connectivity index (χ4v) is 2.04. The molecule has 16 heavy (non-hydrogen) atoms. The molecule has 1 saturated heterocycles. The molecule has 5 heteroatoms. The lowest BCUT2D eigenvalue weighted by atomic mass is 9.82. The fraction of sp³-hybridized carbons (Fsp3) is 0.364. The molecule has 2 atom stereocenters. The Kier molecular flexibility index (Phi) is 2.38. The van der Waals surface area contributed by atoms with Gasteiger partial charge in [0.15, 0.2) is 0 Å². The number of rotatable bonds is 1. The van der Waals surface area contributed by atoms with Gasteiger partial charge >= 0.3 is 5.97 Å². The van der Waals surface area contributed by atoms with Crippen LogP contribution in [0, 0.1) is 11.8 Å². The number of hydrogen-bond acceptors (Lipinski definition) is 4. The van der Waals surface area contributed by atoms with E-state index in [4.69, 9.17) is 0 Å². The third-order valence-electron chi connectivity index (χ3n) is 2.73. The number of nitrogens with zero attached hydrogens (tertiary/aromatic N) is 1. The first-order valence-corrected chi connectivity index (χ1v) is 4.94. The molecule has 0 bridgehead atoms. The fourth-order valence-electron chi connectivity index (χ4n) is 2.04. The van der Waals surface area contributed by atoms with E-state index < -0.39 is 29.6 Å². The maximum absolute atomic E-state index is 11.8. The molecule has 0 spiro atoms. The number of hydroxylamine groups is 2. The van der Waals surface area contributed by atoms with Crippen molar-refractivity contribution in [3.63, 3.8) is 0 Å². The van der Waals surface area contributed by atoms with Crippen LogP contribution in [0.3, 0.4) is 0 Å². The predicted octanol–water partition coefficient (Wildman–Crippen LogP) is 0.582. The van der Waals surface area contributed by atoms with Crippen molar-refractivity contribution in [2.24, 2.45) is 11.8 Å². The van der Waals surface area contributed by atoms with Crippen LogP contribution < -0.4 is 0 Å². The Morgan fingerprint density at radius 3 is 2.75 bits per heavy atom. The lowest BCUT2D eigenvalue weighted by Crippen LogP contribution is -2.33. The monoisotopic (exact) mass is 221 g/mol. The van der Waals surface area contributed by atoms with E-state index in [-0.39, 0.29) is 0 Å². The van der Waals surface area contributed by atoms with Gasteiger partial charge in [-0.15, -0.1) is 5.06 Å². The number of carbonyl (C=O) groups is 3. The largest absolute Gasteiger partial charge is 0.331 e. The van der Waals surface area contributed by atoms with Crippen LogP contribution >= 0.6 is 0 Å². The SMILES string of the molecule is C=C1C=CCC2C(=O)N(OC(C)=O)C(=O)C12. The van der Waals surface area contributed by atoms with Crippen LogP contribution in [0.15, 0.2) is 24.3 Å². The molecule has 0 aromatic heterocycles. The quantitative estimate of drug-likeness (QED) is 0.607. The number of hydrogen-bond donors (Lipinski definition) is 0. The van der Waals surface area contributed by atoms with Crippen molar-refractivity contribution in [1.82, 2.24) is 5.06 Å². The van der Waals surface area contributed by atoms with Crippen LogP contribution in [0.4, 0.5) is 0 Å². The van der Waals surface area contributed by atoms with Crippen LogP contribution in [-0.2, 0) is 19.2 Å². The highest BCUT2D eigenvalue weighted by molar-refractivity contribution is 6.06. The van der Waals surface area contributed by atoms with Crippen LogP contribution in [0.25, 0.3) is 0 Å². The summed E-state index contributed by atoms with van der Waals surface area (Å²) in [5.74, 6) is -2.68. The second-order valence-corrected chi connectivity index (χ2v) is 3.85. The van der Waals surface area contributed by atoms with Gasteiger partial charge in [0.05, 0.1) is 11.8 Å². The summed E-state index contributed by atoms with van der Waals surface area (Å²) < 4.78 is 0. The van der Waals surface area contributed by atoms with Gasteiger partial charge in [-0.3, -0.25) is 9.59 Å². The van der Waals surface area contributed by atoms with E-state index in [9.17, 15) is 14.4 Å². The maximum atomic E-state index is 11.8. The van der Waals surface area contributed by atoms with Gasteiger partial charge in [-0.25, -0.2) is 4.79 Å². The van der Waals surface area contributed by atoms with Crippen LogP contribution in [0.2, 0.25) is 0 Å². The summed E-state index contributed by atoms with van der Waals surface area (Å²) in [5.41, 5.74) is 0.587. The number of carbonyl (C=O) groups excluding carboxylic acids is 3. The molecule has 0 aromatic carbocycles. The molecule has 2 amide bonds. The first-order chi connectivity index (χ1) is 7.52. The third kappa shape index (κ3) is 1.44. The Balaban J connectivity index is 2.29. The molecule has 2 unspecified atom stereocenters. The van der Waals surface area contributed by atoms with Crippen molar-refractivity contribution in [3.05, 3.63) is 24.3 Å². The molecular weight excluding hydrogens is 210 g/mol. The van der Waals surface area contributed by atoms with E-state index in [1.807, 2.05) is 0 Å². The lowest BCUT2D eigenvalue weighted by Gasteiger charge is -2.17. The van der Waals surface area contributed by atoms with E-state index >= 15 is 0 Å². The van der Waals surface area contributed by atoms with Gasteiger partial charge in [0.1, 0.15) is 0 Å². The maximum Gasteiger partial charge on any atom is 0.330 e. The highest BCUT2D eigenvalue weighted by Gasteiger charge is 2.50. The van der Waals surface area contributed by atoms with Gasteiger partial charge in [-0.05, 0) is 12.0 Å². The summed E-state index contributed by atoms with van der Waals surface area (Å²) in [6.07, 6.45) is 4.00. The molecule has 0 N–H and O–H groups in total. The Labute approximate surface area is 92.3 Å². The smallest absolute Gasteiger partial charge is 0.330 e. The Morgan fingerprint density at radius 1 is 1.50 bits per heavy atom. The summed E-state index contributed by atoms with van der Waals surface area (Å²) in [6.45, 7) is 4.88.